The fourth-order valence-electron chi connectivity index (χ4n) is 1.79. The summed E-state index contributed by atoms with van der Waals surface area (Å²) in [6.45, 7) is 6.98. The number of nitrogens with zero attached hydrogens (tertiary/aromatic N) is 1. The molecule has 0 saturated heterocycles. The van der Waals surface area contributed by atoms with Crippen molar-refractivity contribution >= 4 is 5.97 Å². The lowest BCUT2D eigenvalue weighted by Gasteiger charge is -2.20. The smallest absolute Gasteiger partial charge is 0.338 e. The van der Waals surface area contributed by atoms with Gasteiger partial charge >= 0.3 is 5.97 Å². The number of aromatic carboxylic acids is 1. The van der Waals surface area contributed by atoms with Crippen LogP contribution >= 0.6 is 0 Å². The van der Waals surface area contributed by atoms with Gasteiger partial charge in [0.05, 0.1) is 12.2 Å². The summed E-state index contributed by atoms with van der Waals surface area (Å²) in [6, 6.07) is 4.46. The lowest BCUT2D eigenvalue weighted by molar-refractivity contribution is 0.0691. The van der Waals surface area contributed by atoms with Crippen LogP contribution in [0.3, 0.4) is 0 Å². The molecule has 1 aromatic rings. The molecule has 4 nitrogen and oxygen atoms in total. The van der Waals surface area contributed by atoms with Gasteiger partial charge in [-0.05, 0) is 19.5 Å². The molecule has 106 valence electrons. The van der Waals surface area contributed by atoms with E-state index in [1.54, 1.807) is 12.1 Å². The van der Waals surface area contributed by atoms with E-state index in [9.17, 15) is 9.18 Å². The molecule has 0 aliphatic carbocycles. The van der Waals surface area contributed by atoms with E-state index in [-0.39, 0.29) is 5.56 Å². The maximum absolute atomic E-state index is 14.0. The maximum Gasteiger partial charge on any atom is 0.338 e. The summed E-state index contributed by atoms with van der Waals surface area (Å²) >= 11 is 0. The third kappa shape index (κ3) is 4.61. The predicted octanol–water partition coefficient (Wildman–Crippen LogP) is 2.38. The topological polar surface area (TPSA) is 49.8 Å². The average Bonchev–Trinajstić information content (AvgIpc) is 2.39. The number of carboxylic acid groups (broad SMARTS) is 1. The van der Waals surface area contributed by atoms with Crippen LogP contribution in [0, 0.1) is 5.82 Å². The quantitative estimate of drug-likeness (QED) is 0.736. The van der Waals surface area contributed by atoms with E-state index >= 15 is 0 Å². The number of ether oxygens (including phenoxy) is 1. The van der Waals surface area contributed by atoms with E-state index in [4.69, 9.17) is 9.84 Å². The van der Waals surface area contributed by atoms with E-state index in [1.807, 2.05) is 18.7 Å². The Balaban J connectivity index is 2.74. The van der Waals surface area contributed by atoms with Crippen molar-refractivity contribution in [2.45, 2.75) is 20.4 Å². The summed E-state index contributed by atoms with van der Waals surface area (Å²) < 4.78 is 19.2. The van der Waals surface area contributed by atoms with Crippen LogP contribution in [0.2, 0.25) is 0 Å². The van der Waals surface area contributed by atoms with Gasteiger partial charge in [-0.3, -0.25) is 4.90 Å². The highest BCUT2D eigenvalue weighted by molar-refractivity contribution is 5.88. The van der Waals surface area contributed by atoms with Crippen LogP contribution in [-0.2, 0) is 11.3 Å². The first-order chi connectivity index (χ1) is 9.10. The number of rotatable bonds is 8. The van der Waals surface area contributed by atoms with Crippen molar-refractivity contribution in [3.63, 3.8) is 0 Å². The Morgan fingerprint density at radius 1 is 1.42 bits per heavy atom. The molecule has 0 aliphatic heterocycles. The normalized spacial score (nSPS) is 10.9. The van der Waals surface area contributed by atoms with Crippen molar-refractivity contribution in [1.29, 1.82) is 0 Å². The van der Waals surface area contributed by atoms with Gasteiger partial charge < -0.3 is 9.84 Å². The van der Waals surface area contributed by atoms with Crippen molar-refractivity contribution in [2.24, 2.45) is 0 Å². The van der Waals surface area contributed by atoms with E-state index in [0.29, 0.717) is 31.9 Å². The number of carbonyl (C=O) groups is 1. The molecule has 0 bridgehead atoms. The van der Waals surface area contributed by atoms with Crippen LogP contribution in [0.15, 0.2) is 18.2 Å². The van der Waals surface area contributed by atoms with Gasteiger partial charge in [0, 0.05) is 25.3 Å². The van der Waals surface area contributed by atoms with Gasteiger partial charge in [-0.1, -0.05) is 19.1 Å². The van der Waals surface area contributed by atoms with E-state index in [1.165, 1.54) is 6.07 Å². The Hall–Kier alpha value is -1.46. The van der Waals surface area contributed by atoms with Gasteiger partial charge in [-0.25, -0.2) is 9.18 Å². The summed E-state index contributed by atoms with van der Waals surface area (Å²) in [4.78, 5) is 12.9. The van der Waals surface area contributed by atoms with Crippen molar-refractivity contribution in [2.75, 3.05) is 26.3 Å². The molecular weight excluding hydrogens is 249 g/mol. The summed E-state index contributed by atoms with van der Waals surface area (Å²) in [7, 11) is 0. The predicted molar refractivity (Wildman–Crippen MR) is 70.8 cm³/mol. The molecule has 0 heterocycles. The molecule has 1 N–H and O–H groups in total. The average molecular weight is 269 g/mol. The Labute approximate surface area is 112 Å². The van der Waals surface area contributed by atoms with Crippen LogP contribution in [0.4, 0.5) is 4.39 Å². The highest BCUT2D eigenvalue weighted by Gasteiger charge is 2.15. The summed E-state index contributed by atoms with van der Waals surface area (Å²) in [6.07, 6.45) is 0. The molecule has 0 aliphatic rings. The minimum absolute atomic E-state index is 0.279. The monoisotopic (exact) mass is 269 g/mol. The molecular formula is C14H20FNO3. The second kappa shape index (κ2) is 7.86. The Morgan fingerprint density at radius 3 is 2.74 bits per heavy atom. The number of carboxylic acids is 1. The number of likely N-dealkylation sites (N-methyl/N-ethyl adjacent to an activating group) is 1. The van der Waals surface area contributed by atoms with Gasteiger partial charge in [0.2, 0.25) is 0 Å². The maximum atomic E-state index is 14.0. The van der Waals surface area contributed by atoms with Crippen molar-refractivity contribution < 1.29 is 19.0 Å². The Bertz CT molecular complexity index is 423. The van der Waals surface area contributed by atoms with E-state index < -0.39 is 11.8 Å². The number of benzene rings is 1. The minimum atomic E-state index is -1.24. The standard InChI is InChI=1S/C14H20FNO3/c1-3-16(8-9-19-4-2)10-11-6-5-7-12(13(11)15)14(17)18/h5-7H,3-4,8-10H2,1-2H3,(H,17,18). The first-order valence-electron chi connectivity index (χ1n) is 6.40. The summed E-state index contributed by atoms with van der Waals surface area (Å²) in [5.41, 5.74) is 0.122. The SMILES string of the molecule is CCOCCN(CC)Cc1cccc(C(=O)O)c1F. The molecule has 0 unspecified atom stereocenters. The zero-order valence-electron chi connectivity index (χ0n) is 11.4. The Kier molecular flexibility index (Phi) is 6.45. The summed E-state index contributed by atoms with van der Waals surface area (Å²) in [5.74, 6) is -1.89. The first-order valence-corrected chi connectivity index (χ1v) is 6.40. The minimum Gasteiger partial charge on any atom is -0.478 e. The second-order valence-corrected chi connectivity index (χ2v) is 4.15. The molecule has 1 aromatic carbocycles. The van der Waals surface area contributed by atoms with Crippen LogP contribution < -0.4 is 0 Å². The fraction of sp³-hybridized carbons (Fsp3) is 0.500. The highest BCUT2D eigenvalue weighted by atomic mass is 19.1. The molecule has 0 saturated carbocycles. The number of hydrogen-bond acceptors (Lipinski definition) is 3. The van der Waals surface area contributed by atoms with Gasteiger partial charge in [0.1, 0.15) is 5.82 Å². The molecule has 0 fully saturated rings. The molecule has 0 amide bonds. The molecule has 5 heteroatoms. The summed E-state index contributed by atoms with van der Waals surface area (Å²) in [5, 5.41) is 8.88. The first kappa shape index (κ1) is 15.6. The van der Waals surface area contributed by atoms with Gasteiger partial charge in [0.15, 0.2) is 0 Å². The molecule has 0 atom stereocenters. The van der Waals surface area contributed by atoms with Gasteiger partial charge in [-0.2, -0.15) is 0 Å². The fourth-order valence-corrected chi connectivity index (χ4v) is 1.79. The third-order valence-corrected chi connectivity index (χ3v) is 2.91. The zero-order valence-corrected chi connectivity index (χ0v) is 11.4. The zero-order chi connectivity index (χ0) is 14.3. The third-order valence-electron chi connectivity index (χ3n) is 2.91. The van der Waals surface area contributed by atoms with Gasteiger partial charge in [-0.15, -0.1) is 0 Å². The molecule has 0 aromatic heterocycles. The second-order valence-electron chi connectivity index (χ2n) is 4.15. The lowest BCUT2D eigenvalue weighted by Crippen LogP contribution is -2.27. The largest absolute Gasteiger partial charge is 0.478 e. The number of hydrogen-bond donors (Lipinski definition) is 1. The highest BCUT2D eigenvalue weighted by Crippen LogP contribution is 2.15. The van der Waals surface area contributed by atoms with Crippen LogP contribution in [0.25, 0.3) is 0 Å². The molecule has 0 radical (unpaired) electrons. The lowest BCUT2D eigenvalue weighted by atomic mass is 10.1. The number of halogens is 1. The Morgan fingerprint density at radius 2 is 2.16 bits per heavy atom. The van der Waals surface area contributed by atoms with E-state index in [0.717, 1.165) is 6.54 Å². The molecule has 1 rings (SSSR count). The van der Waals surface area contributed by atoms with Crippen LogP contribution in [-0.4, -0.2) is 42.3 Å². The molecule has 19 heavy (non-hydrogen) atoms. The van der Waals surface area contributed by atoms with Crippen molar-refractivity contribution in [1.82, 2.24) is 4.90 Å². The van der Waals surface area contributed by atoms with Crippen LogP contribution in [0.5, 0.6) is 0 Å². The van der Waals surface area contributed by atoms with E-state index in [2.05, 4.69) is 0 Å². The van der Waals surface area contributed by atoms with Crippen LogP contribution in [0.1, 0.15) is 29.8 Å². The van der Waals surface area contributed by atoms with Crippen molar-refractivity contribution in [3.05, 3.63) is 35.1 Å². The van der Waals surface area contributed by atoms with Crippen molar-refractivity contribution in [3.8, 4) is 0 Å². The molecule has 0 spiro atoms. The van der Waals surface area contributed by atoms with Gasteiger partial charge in [0.25, 0.3) is 0 Å².